The van der Waals surface area contributed by atoms with Crippen molar-refractivity contribution < 1.29 is 9.59 Å². The van der Waals surface area contributed by atoms with Crippen LogP contribution in [0.5, 0.6) is 0 Å². The van der Waals surface area contributed by atoms with Crippen LogP contribution < -0.4 is 10.6 Å². The third-order valence-electron chi connectivity index (χ3n) is 3.82. The van der Waals surface area contributed by atoms with Gasteiger partial charge in [-0.25, -0.2) is 0 Å². The molecule has 1 atom stereocenters. The van der Waals surface area contributed by atoms with Gasteiger partial charge in [-0.1, -0.05) is 18.2 Å². The molecule has 1 aliphatic rings. The molecule has 0 bridgehead atoms. The van der Waals surface area contributed by atoms with Gasteiger partial charge in [0.05, 0.1) is 6.04 Å². The Bertz CT molecular complexity index is 747. The molecule has 24 heavy (non-hydrogen) atoms. The van der Waals surface area contributed by atoms with Crippen molar-refractivity contribution in [2.75, 3.05) is 17.3 Å². The Morgan fingerprint density at radius 3 is 2.58 bits per heavy atom. The van der Waals surface area contributed by atoms with Crippen LogP contribution in [-0.2, 0) is 9.59 Å². The number of thioether (sulfide) groups is 2. The number of amides is 2. The van der Waals surface area contributed by atoms with Gasteiger partial charge in [0.15, 0.2) is 0 Å². The molecular weight excluding hydrogens is 340 g/mol. The molecule has 0 aliphatic carbocycles. The number of hydrogen-bond acceptors (Lipinski definition) is 4. The summed E-state index contributed by atoms with van der Waals surface area (Å²) in [6.07, 6.45) is 2.81. The Balaban J connectivity index is 1.63. The Hall–Kier alpha value is -1.92. The standard InChI is InChI=1S/C18H18N2O2S2/c1-23-13-8-6-12(7-9-13)19-17(21)18(22)20-15-10-11-24-16-5-3-2-4-14(15)16/h2-9,15H,10-11H2,1H3,(H,19,21)(H,20,22)/t15-/m1/s1. The number of hydrogen-bond donors (Lipinski definition) is 2. The Morgan fingerprint density at radius 2 is 1.83 bits per heavy atom. The number of nitrogens with one attached hydrogen (secondary N) is 2. The van der Waals surface area contributed by atoms with E-state index in [9.17, 15) is 9.59 Å². The van der Waals surface area contributed by atoms with Crippen LogP contribution in [0.2, 0.25) is 0 Å². The van der Waals surface area contributed by atoms with Crippen molar-refractivity contribution in [3.63, 3.8) is 0 Å². The van der Waals surface area contributed by atoms with Gasteiger partial charge in [0.1, 0.15) is 0 Å². The van der Waals surface area contributed by atoms with E-state index in [-0.39, 0.29) is 6.04 Å². The maximum absolute atomic E-state index is 12.2. The van der Waals surface area contributed by atoms with Gasteiger partial charge in [-0.2, -0.15) is 0 Å². The first-order chi connectivity index (χ1) is 11.7. The Labute approximate surface area is 149 Å². The third kappa shape index (κ3) is 3.94. The van der Waals surface area contributed by atoms with E-state index in [2.05, 4.69) is 10.6 Å². The molecule has 0 radical (unpaired) electrons. The highest BCUT2D eigenvalue weighted by Gasteiger charge is 2.24. The van der Waals surface area contributed by atoms with Gasteiger partial charge >= 0.3 is 11.8 Å². The van der Waals surface area contributed by atoms with Crippen LogP contribution in [0.15, 0.2) is 58.3 Å². The smallest absolute Gasteiger partial charge is 0.313 e. The fraction of sp³-hybridized carbons (Fsp3) is 0.222. The summed E-state index contributed by atoms with van der Waals surface area (Å²) in [5, 5.41) is 5.49. The number of rotatable bonds is 3. The topological polar surface area (TPSA) is 58.2 Å². The normalized spacial score (nSPS) is 16.1. The zero-order chi connectivity index (χ0) is 16.9. The first-order valence-corrected chi connectivity index (χ1v) is 9.86. The highest BCUT2D eigenvalue weighted by molar-refractivity contribution is 7.99. The molecule has 1 heterocycles. The SMILES string of the molecule is CSc1ccc(NC(=O)C(=O)N[C@@H]2CCSc3ccccc32)cc1. The van der Waals surface area contributed by atoms with E-state index in [1.807, 2.05) is 42.7 Å². The van der Waals surface area contributed by atoms with Crippen molar-refractivity contribution in [3.05, 3.63) is 54.1 Å². The lowest BCUT2D eigenvalue weighted by molar-refractivity contribution is -0.136. The average Bonchev–Trinajstić information content (AvgIpc) is 2.62. The van der Waals surface area contributed by atoms with Crippen LogP contribution in [-0.4, -0.2) is 23.8 Å². The molecule has 0 fully saturated rings. The molecular formula is C18H18N2O2S2. The van der Waals surface area contributed by atoms with Crippen LogP contribution in [0.4, 0.5) is 5.69 Å². The summed E-state index contributed by atoms with van der Waals surface area (Å²) in [5.74, 6) is -0.307. The summed E-state index contributed by atoms with van der Waals surface area (Å²) in [5.41, 5.74) is 1.70. The maximum atomic E-state index is 12.2. The van der Waals surface area contributed by atoms with Crippen molar-refractivity contribution in [2.45, 2.75) is 22.3 Å². The lowest BCUT2D eigenvalue weighted by Gasteiger charge is -2.25. The average molecular weight is 358 g/mol. The Kier molecular flexibility index (Phi) is 5.48. The second-order valence-electron chi connectivity index (χ2n) is 5.38. The number of benzene rings is 2. The third-order valence-corrected chi connectivity index (χ3v) is 5.68. The molecule has 2 amide bonds. The van der Waals surface area contributed by atoms with Crippen molar-refractivity contribution in [1.29, 1.82) is 0 Å². The van der Waals surface area contributed by atoms with Gasteiger partial charge in [0, 0.05) is 21.2 Å². The van der Waals surface area contributed by atoms with Crippen LogP contribution in [0.3, 0.4) is 0 Å². The molecule has 6 heteroatoms. The van der Waals surface area contributed by atoms with Crippen molar-refractivity contribution in [2.24, 2.45) is 0 Å². The largest absolute Gasteiger partial charge is 0.341 e. The predicted molar refractivity (Wildman–Crippen MR) is 99.5 cm³/mol. The number of carbonyl (C=O) groups excluding carboxylic acids is 2. The molecule has 4 nitrogen and oxygen atoms in total. The summed E-state index contributed by atoms with van der Waals surface area (Å²) in [6.45, 7) is 0. The molecule has 2 aromatic rings. The Morgan fingerprint density at radius 1 is 1.08 bits per heavy atom. The molecule has 3 rings (SSSR count). The van der Waals surface area contributed by atoms with Gasteiger partial charge in [0.25, 0.3) is 0 Å². The van der Waals surface area contributed by atoms with Crippen LogP contribution >= 0.6 is 23.5 Å². The zero-order valence-corrected chi connectivity index (χ0v) is 14.9. The van der Waals surface area contributed by atoms with Crippen molar-refractivity contribution >= 4 is 41.0 Å². The van der Waals surface area contributed by atoms with Gasteiger partial charge in [0.2, 0.25) is 0 Å². The van der Waals surface area contributed by atoms with E-state index in [0.717, 1.165) is 22.6 Å². The number of anilines is 1. The van der Waals surface area contributed by atoms with Crippen LogP contribution in [0, 0.1) is 0 Å². The lowest BCUT2D eigenvalue weighted by atomic mass is 10.0. The van der Waals surface area contributed by atoms with Crippen LogP contribution in [0.1, 0.15) is 18.0 Å². The molecule has 0 aromatic heterocycles. The molecule has 0 saturated carbocycles. The second-order valence-corrected chi connectivity index (χ2v) is 7.40. The number of carbonyl (C=O) groups is 2. The first-order valence-electron chi connectivity index (χ1n) is 7.65. The summed E-state index contributed by atoms with van der Waals surface area (Å²) in [4.78, 5) is 26.6. The van der Waals surface area contributed by atoms with Gasteiger partial charge in [-0.15, -0.1) is 23.5 Å². The summed E-state index contributed by atoms with van der Waals surface area (Å²) >= 11 is 3.41. The minimum absolute atomic E-state index is 0.112. The highest BCUT2D eigenvalue weighted by Crippen LogP contribution is 2.35. The van der Waals surface area contributed by atoms with Crippen molar-refractivity contribution in [1.82, 2.24) is 5.32 Å². The van der Waals surface area contributed by atoms with Gasteiger partial charge < -0.3 is 10.6 Å². The van der Waals surface area contributed by atoms with E-state index in [1.54, 1.807) is 35.7 Å². The maximum Gasteiger partial charge on any atom is 0.313 e. The molecule has 0 saturated heterocycles. The fourth-order valence-corrected chi connectivity index (χ4v) is 4.11. The van der Waals surface area contributed by atoms with E-state index in [1.165, 1.54) is 4.90 Å². The summed E-state index contributed by atoms with van der Waals surface area (Å²) < 4.78 is 0. The minimum atomic E-state index is -0.636. The fourth-order valence-electron chi connectivity index (χ4n) is 2.58. The van der Waals surface area contributed by atoms with Crippen LogP contribution in [0.25, 0.3) is 0 Å². The van der Waals surface area contributed by atoms with Gasteiger partial charge in [-0.05, 0) is 48.6 Å². The highest BCUT2D eigenvalue weighted by atomic mass is 32.2. The molecule has 2 aromatic carbocycles. The van der Waals surface area contributed by atoms with Crippen molar-refractivity contribution in [3.8, 4) is 0 Å². The second kappa shape index (κ2) is 7.77. The quantitative estimate of drug-likeness (QED) is 0.649. The summed E-state index contributed by atoms with van der Waals surface area (Å²) in [6, 6.07) is 15.3. The predicted octanol–water partition coefficient (Wildman–Crippen LogP) is 3.70. The molecule has 0 unspecified atom stereocenters. The van der Waals surface area contributed by atoms with E-state index in [0.29, 0.717) is 5.69 Å². The molecule has 124 valence electrons. The molecule has 0 spiro atoms. The van der Waals surface area contributed by atoms with Gasteiger partial charge in [-0.3, -0.25) is 9.59 Å². The molecule has 1 aliphatic heterocycles. The molecule has 2 N–H and O–H groups in total. The van der Waals surface area contributed by atoms with E-state index < -0.39 is 11.8 Å². The van der Waals surface area contributed by atoms with E-state index >= 15 is 0 Å². The monoisotopic (exact) mass is 358 g/mol. The van der Waals surface area contributed by atoms with E-state index in [4.69, 9.17) is 0 Å². The lowest BCUT2D eigenvalue weighted by Crippen LogP contribution is -2.38. The minimum Gasteiger partial charge on any atom is -0.341 e. The summed E-state index contributed by atoms with van der Waals surface area (Å²) in [7, 11) is 0. The first kappa shape index (κ1) is 16.9. The zero-order valence-electron chi connectivity index (χ0n) is 13.2. The number of fused-ring (bicyclic) bond motifs is 1.